The first-order valence-electron chi connectivity index (χ1n) is 8.81. The average Bonchev–Trinajstić information content (AvgIpc) is 3.15. The molecular weight excluding hydrogens is 397 g/mol. The lowest BCUT2D eigenvalue weighted by Gasteiger charge is -2.24. The summed E-state index contributed by atoms with van der Waals surface area (Å²) in [6.45, 7) is 0. The highest BCUT2D eigenvalue weighted by Gasteiger charge is 2.36. The van der Waals surface area contributed by atoms with Crippen molar-refractivity contribution in [2.75, 3.05) is 7.11 Å². The zero-order valence-corrected chi connectivity index (χ0v) is 15.6. The molecule has 0 bridgehead atoms. The van der Waals surface area contributed by atoms with Crippen LogP contribution in [0.3, 0.4) is 0 Å². The summed E-state index contributed by atoms with van der Waals surface area (Å²) in [5, 5.41) is 16.7. The predicted octanol–water partition coefficient (Wildman–Crippen LogP) is 4.32. The maximum atomic E-state index is 13.0. The molecule has 1 aliphatic heterocycles. The number of ether oxygens (including phenoxy) is 2. The number of nitrogens with zero attached hydrogens (tertiary/aromatic N) is 2. The monoisotopic (exact) mass is 412 g/mol. The van der Waals surface area contributed by atoms with Gasteiger partial charge in [-0.1, -0.05) is 24.3 Å². The highest BCUT2D eigenvalue weighted by Crippen LogP contribution is 2.46. The fourth-order valence-corrected chi connectivity index (χ4v) is 3.44. The van der Waals surface area contributed by atoms with Gasteiger partial charge in [0.2, 0.25) is 11.8 Å². The van der Waals surface area contributed by atoms with Gasteiger partial charge in [-0.3, -0.25) is 5.10 Å². The van der Waals surface area contributed by atoms with Gasteiger partial charge in [-0.25, -0.2) is 0 Å². The van der Waals surface area contributed by atoms with Crippen LogP contribution in [-0.4, -0.2) is 17.3 Å². The van der Waals surface area contributed by atoms with Gasteiger partial charge in [0.1, 0.15) is 17.4 Å². The van der Waals surface area contributed by atoms with E-state index in [9.17, 15) is 18.4 Å². The Morgan fingerprint density at radius 2 is 1.93 bits per heavy atom. The molecule has 0 radical (unpaired) electrons. The van der Waals surface area contributed by atoms with E-state index in [0.29, 0.717) is 28.1 Å². The number of nitriles is 1. The molecular formula is C21H15F3N4O2. The predicted molar refractivity (Wildman–Crippen MR) is 101 cm³/mol. The summed E-state index contributed by atoms with van der Waals surface area (Å²) in [6, 6.07) is 13.8. The SMILES string of the molecule is COc1cccc(-c2[nH]nc3c2[C@H](c2ccc(C(F)(F)F)cc2)C(C#N)=C(N)O3)c1. The Bertz CT molecular complexity index is 1170. The quantitative estimate of drug-likeness (QED) is 0.668. The highest BCUT2D eigenvalue weighted by atomic mass is 19.4. The van der Waals surface area contributed by atoms with E-state index in [2.05, 4.69) is 10.2 Å². The van der Waals surface area contributed by atoms with Crippen molar-refractivity contribution in [3.8, 4) is 29.0 Å². The van der Waals surface area contributed by atoms with Crippen LogP contribution in [0.25, 0.3) is 11.3 Å². The zero-order valence-electron chi connectivity index (χ0n) is 15.6. The second-order valence-electron chi connectivity index (χ2n) is 6.59. The number of alkyl halides is 3. The number of aromatic nitrogens is 2. The molecule has 1 atom stereocenters. The van der Waals surface area contributed by atoms with E-state index in [4.69, 9.17) is 15.2 Å². The number of nitrogens with two attached hydrogens (primary N) is 1. The van der Waals surface area contributed by atoms with Crippen LogP contribution < -0.4 is 15.2 Å². The molecule has 1 aliphatic rings. The van der Waals surface area contributed by atoms with Crippen molar-refractivity contribution in [3.63, 3.8) is 0 Å². The van der Waals surface area contributed by atoms with Crippen molar-refractivity contribution < 1.29 is 22.6 Å². The van der Waals surface area contributed by atoms with Crippen molar-refractivity contribution in [2.45, 2.75) is 12.1 Å². The molecule has 1 aromatic heterocycles. The number of aromatic amines is 1. The molecule has 0 fully saturated rings. The van der Waals surface area contributed by atoms with Crippen molar-refractivity contribution >= 4 is 0 Å². The third kappa shape index (κ3) is 3.22. The number of hydrogen-bond acceptors (Lipinski definition) is 5. The molecule has 6 nitrogen and oxygen atoms in total. The van der Waals surface area contributed by atoms with Crippen LogP contribution in [0.2, 0.25) is 0 Å². The lowest BCUT2D eigenvalue weighted by Crippen LogP contribution is -2.21. The van der Waals surface area contributed by atoms with E-state index < -0.39 is 17.7 Å². The van der Waals surface area contributed by atoms with Crippen LogP contribution in [0.1, 0.15) is 22.6 Å². The first-order valence-corrected chi connectivity index (χ1v) is 8.81. The van der Waals surface area contributed by atoms with E-state index in [0.717, 1.165) is 12.1 Å². The van der Waals surface area contributed by atoms with Crippen LogP contribution in [0.5, 0.6) is 11.6 Å². The van der Waals surface area contributed by atoms with Crippen LogP contribution >= 0.6 is 0 Å². The first-order chi connectivity index (χ1) is 14.3. The molecule has 0 saturated carbocycles. The molecule has 4 rings (SSSR count). The summed E-state index contributed by atoms with van der Waals surface area (Å²) in [5.74, 6) is -0.122. The molecule has 9 heteroatoms. The zero-order chi connectivity index (χ0) is 21.5. The van der Waals surface area contributed by atoms with Gasteiger partial charge in [-0.15, -0.1) is 5.10 Å². The van der Waals surface area contributed by atoms with Gasteiger partial charge in [0.25, 0.3) is 0 Å². The van der Waals surface area contributed by atoms with Gasteiger partial charge in [-0.2, -0.15) is 18.4 Å². The number of hydrogen-bond donors (Lipinski definition) is 2. The van der Waals surface area contributed by atoms with Gasteiger partial charge in [-0.05, 0) is 29.8 Å². The molecule has 3 N–H and O–H groups in total. The number of benzene rings is 2. The molecule has 0 aliphatic carbocycles. The molecule has 2 aromatic carbocycles. The molecule has 2 heterocycles. The second-order valence-corrected chi connectivity index (χ2v) is 6.59. The second kappa shape index (κ2) is 7.15. The van der Waals surface area contributed by atoms with Crippen LogP contribution in [0.15, 0.2) is 60.0 Å². The summed E-state index contributed by atoms with van der Waals surface area (Å²) in [4.78, 5) is 0. The molecule has 0 amide bonds. The number of H-pyrrole nitrogens is 1. The molecule has 0 spiro atoms. The Labute approximate surface area is 169 Å². The fraction of sp³-hybridized carbons (Fsp3) is 0.143. The van der Waals surface area contributed by atoms with Crippen molar-refractivity contribution in [2.24, 2.45) is 5.73 Å². The van der Waals surface area contributed by atoms with E-state index in [1.807, 2.05) is 12.1 Å². The fourth-order valence-electron chi connectivity index (χ4n) is 3.44. The van der Waals surface area contributed by atoms with Crippen LogP contribution in [-0.2, 0) is 6.18 Å². The van der Waals surface area contributed by atoms with Crippen LogP contribution in [0.4, 0.5) is 13.2 Å². The number of allylic oxidation sites excluding steroid dienone is 1. The molecule has 0 saturated heterocycles. The molecule has 0 unspecified atom stereocenters. The topological polar surface area (TPSA) is 97.0 Å². The van der Waals surface area contributed by atoms with Crippen LogP contribution in [0, 0.1) is 11.3 Å². The minimum atomic E-state index is -4.46. The number of fused-ring (bicyclic) bond motifs is 1. The lowest BCUT2D eigenvalue weighted by atomic mass is 9.82. The Hall–Kier alpha value is -3.93. The van der Waals surface area contributed by atoms with Crippen molar-refractivity contribution in [1.29, 1.82) is 5.26 Å². The summed E-state index contributed by atoms with van der Waals surface area (Å²) in [6.07, 6.45) is -4.46. The van der Waals surface area contributed by atoms with E-state index in [1.165, 1.54) is 19.2 Å². The normalized spacial score (nSPS) is 15.9. The van der Waals surface area contributed by atoms with Crippen molar-refractivity contribution in [1.82, 2.24) is 10.2 Å². The van der Waals surface area contributed by atoms with Crippen molar-refractivity contribution in [3.05, 3.63) is 76.7 Å². The van der Waals surface area contributed by atoms with E-state index in [-0.39, 0.29) is 17.3 Å². The third-order valence-electron chi connectivity index (χ3n) is 4.87. The minimum absolute atomic E-state index is 0.0906. The molecule has 30 heavy (non-hydrogen) atoms. The van der Waals surface area contributed by atoms with E-state index in [1.54, 1.807) is 18.2 Å². The van der Waals surface area contributed by atoms with E-state index >= 15 is 0 Å². The smallest absolute Gasteiger partial charge is 0.416 e. The van der Waals surface area contributed by atoms with Gasteiger partial charge in [0.15, 0.2) is 0 Å². The number of halogens is 3. The Kier molecular flexibility index (Phi) is 4.62. The number of rotatable bonds is 3. The maximum absolute atomic E-state index is 13.0. The average molecular weight is 412 g/mol. The maximum Gasteiger partial charge on any atom is 0.416 e. The third-order valence-corrected chi connectivity index (χ3v) is 4.87. The van der Waals surface area contributed by atoms with Gasteiger partial charge in [0.05, 0.1) is 29.8 Å². The van der Waals surface area contributed by atoms with Gasteiger partial charge in [0, 0.05) is 5.56 Å². The molecule has 152 valence electrons. The summed E-state index contributed by atoms with van der Waals surface area (Å²) >= 11 is 0. The Morgan fingerprint density at radius 3 is 2.57 bits per heavy atom. The largest absolute Gasteiger partial charge is 0.497 e. The highest BCUT2D eigenvalue weighted by molar-refractivity contribution is 5.71. The lowest BCUT2D eigenvalue weighted by molar-refractivity contribution is -0.137. The van der Waals surface area contributed by atoms with Gasteiger partial charge < -0.3 is 15.2 Å². The number of methoxy groups -OCH3 is 1. The summed E-state index contributed by atoms with van der Waals surface area (Å²) in [5.41, 5.74) is 7.44. The Morgan fingerprint density at radius 1 is 1.20 bits per heavy atom. The summed E-state index contributed by atoms with van der Waals surface area (Å²) < 4.78 is 49.7. The minimum Gasteiger partial charge on any atom is -0.497 e. The standard InChI is InChI=1S/C21H15F3N4O2/c1-29-14-4-2-3-12(9-14)18-17-16(11-5-7-13(8-6-11)21(22,23)24)15(10-25)19(26)30-20(17)28-27-18/h2-9,16H,26H2,1H3,(H,27,28)/t16-/m1/s1. The van der Waals surface area contributed by atoms with Gasteiger partial charge >= 0.3 is 6.18 Å². The summed E-state index contributed by atoms with van der Waals surface area (Å²) in [7, 11) is 1.53. The number of nitrogens with one attached hydrogen (secondary N) is 1. The Balaban J connectivity index is 1.89. The first kappa shape index (κ1) is 19.4. The molecule has 3 aromatic rings.